The molecule has 0 bridgehead atoms. The van der Waals surface area contributed by atoms with Gasteiger partial charge in [0.05, 0.1) is 13.3 Å². The molecule has 0 saturated carbocycles. The first-order chi connectivity index (χ1) is 6.72. The second kappa shape index (κ2) is 4.58. The Labute approximate surface area is 85.1 Å². The van der Waals surface area contributed by atoms with Crippen molar-refractivity contribution in [2.24, 2.45) is 0 Å². The zero-order valence-corrected chi connectivity index (χ0v) is 8.46. The highest BCUT2D eigenvalue weighted by atomic mass is 32.2. The van der Waals surface area contributed by atoms with Gasteiger partial charge < -0.3 is 4.74 Å². The number of nitrogens with zero attached hydrogens (tertiary/aromatic N) is 3. The maximum Gasteiger partial charge on any atom is 0.358 e. The number of hydrogen-bond acceptors (Lipinski definition) is 6. The van der Waals surface area contributed by atoms with Crippen LogP contribution < -0.4 is 0 Å². The molecule has 0 saturated heterocycles. The van der Waals surface area contributed by atoms with E-state index in [4.69, 9.17) is 5.26 Å². The predicted octanol–water partition coefficient (Wildman–Crippen LogP) is 0.857. The molecular formula is C8H7N3O2S. The lowest BCUT2D eigenvalue weighted by Crippen LogP contribution is -2.08. The van der Waals surface area contributed by atoms with Crippen LogP contribution in [0.4, 0.5) is 0 Å². The summed E-state index contributed by atoms with van der Waals surface area (Å²) in [6, 6.07) is 1.83. The number of rotatable bonds is 2. The minimum Gasteiger partial charge on any atom is -0.464 e. The summed E-state index contributed by atoms with van der Waals surface area (Å²) in [7, 11) is 1.24. The smallest absolute Gasteiger partial charge is 0.358 e. The first kappa shape index (κ1) is 10.5. The van der Waals surface area contributed by atoms with Gasteiger partial charge in [0.15, 0.2) is 10.9 Å². The van der Waals surface area contributed by atoms with Gasteiger partial charge in [0.2, 0.25) is 0 Å². The highest BCUT2D eigenvalue weighted by Crippen LogP contribution is 2.11. The van der Waals surface area contributed by atoms with Crippen molar-refractivity contribution in [1.29, 1.82) is 5.26 Å². The first-order valence-electron chi connectivity index (χ1n) is 3.62. The summed E-state index contributed by atoms with van der Waals surface area (Å²) < 4.78 is 4.49. The molecule has 0 aromatic carbocycles. The molecule has 0 atom stereocenters. The number of hydrogen-bond donors (Lipinski definition) is 0. The van der Waals surface area contributed by atoms with Crippen LogP contribution in [-0.2, 0) is 4.74 Å². The maximum absolute atomic E-state index is 11.2. The van der Waals surface area contributed by atoms with Crippen molar-refractivity contribution in [3.05, 3.63) is 17.5 Å². The molecule has 14 heavy (non-hydrogen) atoms. The van der Waals surface area contributed by atoms with Gasteiger partial charge in [-0.15, -0.1) is 0 Å². The summed E-state index contributed by atoms with van der Waals surface area (Å²) in [5, 5.41) is 9.12. The summed E-state index contributed by atoms with van der Waals surface area (Å²) in [5.74, 6) is -0.626. The van der Waals surface area contributed by atoms with Crippen LogP contribution in [0.2, 0.25) is 0 Å². The van der Waals surface area contributed by atoms with Crippen molar-refractivity contribution in [3.8, 4) is 6.07 Å². The highest BCUT2D eigenvalue weighted by molar-refractivity contribution is 7.98. The summed E-state index contributed by atoms with van der Waals surface area (Å²) in [6.07, 6.45) is 3.09. The fourth-order valence-electron chi connectivity index (χ4n) is 0.798. The molecular weight excluding hydrogens is 202 g/mol. The van der Waals surface area contributed by atoms with Crippen molar-refractivity contribution in [1.82, 2.24) is 9.97 Å². The van der Waals surface area contributed by atoms with Gasteiger partial charge in [0.1, 0.15) is 11.6 Å². The van der Waals surface area contributed by atoms with E-state index in [0.29, 0.717) is 5.16 Å². The molecule has 0 radical (unpaired) electrons. The van der Waals surface area contributed by atoms with Crippen LogP contribution in [0.25, 0.3) is 0 Å². The Morgan fingerprint density at radius 2 is 2.43 bits per heavy atom. The molecule has 1 rings (SSSR count). The lowest BCUT2D eigenvalue weighted by molar-refractivity contribution is 0.0592. The van der Waals surface area contributed by atoms with Gasteiger partial charge in [-0.2, -0.15) is 5.26 Å². The van der Waals surface area contributed by atoms with Crippen molar-refractivity contribution in [3.63, 3.8) is 0 Å². The van der Waals surface area contributed by atoms with Gasteiger partial charge in [-0.1, -0.05) is 11.8 Å². The number of thioether (sulfide) groups is 1. The van der Waals surface area contributed by atoms with Crippen molar-refractivity contribution in [2.45, 2.75) is 5.16 Å². The number of nitriles is 1. The highest BCUT2D eigenvalue weighted by Gasteiger charge is 2.14. The number of ether oxygens (including phenoxy) is 1. The number of methoxy groups -OCH3 is 1. The Morgan fingerprint density at radius 1 is 1.71 bits per heavy atom. The van der Waals surface area contributed by atoms with Crippen LogP contribution in [0.3, 0.4) is 0 Å². The van der Waals surface area contributed by atoms with E-state index in [1.54, 1.807) is 6.26 Å². The first-order valence-corrected chi connectivity index (χ1v) is 4.84. The monoisotopic (exact) mass is 209 g/mol. The SMILES string of the molecule is COC(=O)c1nc(SC)ncc1C#N. The molecule has 1 aromatic heterocycles. The quantitative estimate of drug-likeness (QED) is 0.408. The van der Waals surface area contributed by atoms with Crippen LogP contribution in [0.15, 0.2) is 11.4 Å². The fraction of sp³-hybridized carbons (Fsp3) is 0.250. The van der Waals surface area contributed by atoms with Gasteiger partial charge in [0.25, 0.3) is 0 Å². The molecule has 0 N–H and O–H groups in total. The molecule has 0 aliphatic rings. The molecule has 0 aliphatic carbocycles. The predicted molar refractivity (Wildman–Crippen MR) is 49.9 cm³/mol. The molecule has 5 nitrogen and oxygen atoms in total. The Hall–Kier alpha value is -1.61. The summed E-state index contributed by atoms with van der Waals surface area (Å²) in [5.41, 5.74) is 0.129. The molecule has 0 unspecified atom stereocenters. The van der Waals surface area contributed by atoms with Gasteiger partial charge in [-0.25, -0.2) is 14.8 Å². The number of carbonyl (C=O) groups is 1. The van der Waals surface area contributed by atoms with Crippen molar-refractivity contribution in [2.75, 3.05) is 13.4 Å². The minimum atomic E-state index is -0.626. The van der Waals surface area contributed by atoms with Crippen LogP contribution >= 0.6 is 11.8 Å². The number of carbonyl (C=O) groups excluding carboxylic acids is 1. The Balaban J connectivity index is 3.23. The van der Waals surface area contributed by atoms with E-state index in [9.17, 15) is 4.79 Å². The standard InChI is InChI=1S/C8H7N3O2S/c1-13-7(12)6-5(3-9)4-10-8(11-6)14-2/h4H,1-2H3. The molecule has 1 heterocycles. The van der Waals surface area contributed by atoms with E-state index in [0.717, 1.165) is 0 Å². The molecule has 72 valence electrons. The third kappa shape index (κ3) is 2.00. The van der Waals surface area contributed by atoms with E-state index in [1.165, 1.54) is 25.1 Å². The topological polar surface area (TPSA) is 75.9 Å². The molecule has 0 aliphatic heterocycles. The molecule has 0 amide bonds. The second-order valence-electron chi connectivity index (χ2n) is 2.22. The van der Waals surface area contributed by atoms with Crippen molar-refractivity contribution < 1.29 is 9.53 Å². The third-order valence-corrected chi connectivity index (χ3v) is 2.01. The number of esters is 1. The van der Waals surface area contributed by atoms with E-state index in [1.807, 2.05) is 6.07 Å². The van der Waals surface area contributed by atoms with Crippen LogP contribution in [0.1, 0.15) is 16.1 Å². The minimum absolute atomic E-state index is 0.00866. The zero-order valence-electron chi connectivity index (χ0n) is 7.64. The second-order valence-corrected chi connectivity index (χ2v) is 3.00. The Bertz CT molecular complexity index is 400. The van der Waals surface area contributed by atoms with Crippen LogP contribution in [0, 0.1) is 11.3 Å². The van der Waals surface area contributed by atoms with Crippen LogP contribution in [0.5, 0.6) is 0 Å². The molecule has 1 aromatic rings. The van der Waals surface area contributed by atoms with Gasteiger partial charge in [0, 0.05) is 0 Å². The molecule has 0 fully saturated rings. The zero-order chi connectivity index (χ0) is 10.6. The molecule has 6 heteroatoms. The van der Waals surface area contributed by atoms with Gasteiger partial charge >= 0.3 is 5.97 Å². The lowest BCUT2D eigenvalue weighted by atomic mass is 10.2. The average molecular weight is 209 g/mol. The Kier molecular flexibility index (Phi) is 3.42. The van der Waals surface area contributed by atoms with Gasteiger partial charge in [-0.05, 0) is 6.26 Å². The summed E-state index contributed by atoms with van der Waals surface area (Å²) in [4.78, 5) is 18.9. The van der Waals surface area contributed by atoms with Crippen molar-refractivity contribution >= 4 is 17.7 Å². The third-order valence-electron chi connectivity index (χ3n) is 1.45. The average Bonchev–Trinajstić information content (AvgIpc) is 2.27. The maximum atomic E-state index is 11.2. The normalized spacial score (nSPS) is 9.21. The van der Waals surface area contributed by atoms with Crippen LogP contribution in [-0.4, -0.2) is 29.3 Å². The van der Waals surface area contributed by atoms with E-state index < -0.39 is 5.97 Å². The summed E-state index contributed by atoms with van der Waals surface area (Å²) >= 11 is 1.29. The van der Waals surface area contributed by atoms with E-state index in [-0.39, 0.29) is 11.3 Å². The lowest BCUT2D eigenvalue weighted by Gasteiger charge is -2.01. The number of aromatic nitrogens is 2. The molecule has 0 spiro atoms. The van der Waals surface area contributed by atoms with E-state index in [2.05, 4.69) is 14.7 Å². The fourth-order valence-corrected chi connectivity index (χ4v) is 1.14. The van der Waals surface area contributed by atoms with Gasteiger partial charge in [-0.3, -0.25) is 0 Å². The largest absolute Gasteiger partial charge is 0.464 e. The van der Waals surface area contributed by atoms with E-state index >= 15 is 0 Å². The Morgan fingerprint density at radius 3 is 2.93 bits per heavy atom. The summed E-state index contributed by atoms with van der Waals surface area (Å²) in [6.45, 7) is 0.